The molecule has 2 rings (SSSR count). The molecule has 2 aromatic carbocycles. The molecule has 2 amide bonds. The van der Waals surface area contributed by atoms with Crippen LogP contribution >= 0.6 is 11.8 Å². The molecule has 0 aromatic heterocycles. The highest BCUT2D eigenvalue weighted by Gasteiger charge is 2.16. The molecule has 0 saturated carbocycles. The number of carbonyl (C=O) groups is 2. The molecule has 0 fully saturated rings. The van der Waals surface area contributed by atoms with Crippen LogP contribution in [0.2, 0.25) is 0 Å². The monoisotopic (exact) mass is 356 g/mol. The van der Waals surface area contributed by atoms with Crippen LogP contribution in [0.4, 0.5) is 11.4 Å². The van der Waals surface area contributed by atoms with Crippen molar-refractivity contribution in [2.75, 3.05) is 16.4 Å². The molecule has 4 nitrogen and oxygen atoms in total. The van der Waals surface area contributed by atoms with Gasteiger partial charge in [-0.05, 0) is 62.6 Å². The van der Waals surface area contributed by atoms with Gasteiger partial charge in [-0.2, -0.15) is 0 Å². The Morgan fingerprint density at radius 1 is 0.960 bits per heavy atom. The number of anilines is 2. The molecule has 25 heavy (non-hydrogen) atoms. The zero-order valence-corrected chi connectivity index (χ0v) is 15.9. The van der Waals surface area contributed by atoms with Crippen LogP contribution < -0.4 is 10.6 Å². The summed E-state index contributed by atoms with van der Waals surface area (Å²) in [5, 5.41) is 5.46. The highest BCUT2D eigenvalue weighted by molar-refractivity contribution is 8.01. The Morgan fingerprint density at radius 2 is 1.68 bits per heavy atom. The van der Waals surface area contributed by atoms with E-state index in [1.807, 2.05) is 70.2 Å². The number of benzene rings is 2. The standard InChI is InChI=1S/C20H24N2O2S/c1-13-9-10-17(11-15(13)3)21-19(23)12-25-16(4)20(24)22-18-8-6-5-7-14(18)2/h5-11,16H,12H2,1-4H3,(H,21,23)(H,22,24). The molecule has 0 saturated heterocycles. The van der Waals surface area contributed by atoms with Crippen molar-refractivity contribution in [2.24, 2.45) is 0 Å². The lowest BCUT2D eigenvalue weighted by molar-refractivity contribution is -0.115. The number of rotatable bonds is 6. The molecular formula is C20H24N2O2S. The second-order valence-corrected chi connectivity index (χ2v) is 7.43. The summed E-state index contributed by atoms with van der Waals surface area (Å²) in [5.74, 6) is 0.0250. The normalized spacial score (nSPS) is 11.7. The lowest BCUT2D eigenvalue weighted by Gasteiger charge is -2.13. The molecule has 1 unspecified atom stereocenters. The number of thioether (sulfide) groups is 1. The second-order valence-electron chi connectivity index (χ2n) is 6.10. The Labute approximate surface area is 153 Å². The summed E-state index contributed by atoms with van der Waals surface area (Å²) in [6, 6.07) is 13.5. The van der Waals surface area contributed by atoms with Crippen LogP contribution in [0.1, 0.15) is 23.6 Å². The molecule has 0 radical (unpaired) electrons. The number of nitrogens with one attached hydrogen (secondary N) is 2. The third-order valence-corrected chi connectivity index (χ3v) is 5.17. The van der Waals surface area contributed by atoms with Gasteiger partial charge in [0.05, 0.1) is 11.0 Å². The van der Waals surface area contributed by atoms with E-state index in [1.165, 1.54) is 17.3 Å². The topological polar surface area (TPSA) is 58.2 Å². The van der Waals surface area contributed by atoms with E-state index in [-0.39, 0.29) is 22.8 Å². The van der Waals surface area contributed by atoms with Gasteiger partial charge in [-0.15, -0.1) is 11.8 Å². The minimum Gasteiger partial charge on any atom is -0.325 e. The summed E-state index contributed by atoms with van der Waals surface area (Å²) in [7, 11) is 0. The van der Waals surface area contributed by atoms with Crippen LogP contribution in [0.5, 0.6) is 0 Å². The lowest BCUT2D eigenvalue weighted by Crippen LogP contribution is -2.25. The fourth-order valence-corrected chi connectivity index (χ4v) is 2.92. The summed E-state index contributed by atoms with van der Waals surface area (Å²) >= 11 is 1.32. The average molecular weight is 356 g/mol. The second kappa shape index (κ2) is 8.72. The SMILES string of the molecule is Cc1ccc(NC(=O)CSC(C)C(=O)Nc2ccccc2C)cc1C. The quantitative estimate of drug-likeness (QED) is 0.811. The van der Waals surface area contributed by atoms with E-state index < -0.39 is 0 Å². The molecule has 2 aromatic rings. The van der Waals surface area contributed by atoms with Crippen molar-refractivity contribution in [1.82, 2.24) is 0 Å². The smallest absolute Gasteiger partial charge is 0.237 e. The van der Waals surface area contributed by atoms with E-state index in [0.29, 0.717) is 0 Å². The van der Waals surface area contributed by atoms with Gasteiger partial charge in [-0.1, -0.05) is 24.3 Å². The maximum atomic E-state index is 12.3. The summed E-state index contributed by atoms with van der Waals surface area (Å²) in [4.78, 5) is 24.3. The summed E-state index contributed by atoms with van der Waals surface area (Å²) in [6.45, 7) is 7.80. The summed E-state index contributed by atoms with van der Waals surface area (Å²) < 4.78 is 0. The van der Waals surface area contributed by atoms with Gasteiger partial charge >= 0.3 is 0 Å². The molecule has 0 aliphatic heterocycles. The number of carbonyl (C=O) groups excluding carboxylic acids is 2. The van der Waals surface area contributed by atoms with Crippen molar-refractivity contribution in [3.8, 4) is 0 Å². The summed E-state index contributed by atoms with van der Waals surface area (Å²) in [6.07, 6.45) is 0. The molecule has 2 N–H and O–H groups in total. The molecule has 0 bridgehead atoms. The van der Waals surface area contributed by atoms with Crippen molar-refractivity contribution in [3.05, 3.63) is 59.2 Å². The first-order valence-corrected chi connectivity index (χ1v) is 9.27. The molecule has 0 aliphatic rings. The van der Waals surface area contributed by atoms with E-state index in [4.69, 9.17) is 0 Å². The van der Waals surface area contributed by atoms with Crippen LogP contribution in [0.25, 0.3) is 0 Å². The first-order chi connectivity index (χ1) is 11.9. The van der Waals surface area contributed by atoms with Gasteiger partial charge in [0.1, 0.15) is 0 Å². The lowest BCUT2D eigenvalue weighted by atomic mass is 10.1. The van der Waals surface area contributed by atoms with Crippen LogP contribution in [0.15, 0.2) is 42.5 Å². The van der Waals surface area contributed by atoms with Crippen LogP contribution in [-0.4, -0.2) is 22.8 Å². The molecule has 0 aliphatic carbocycles. The van der Waals surface area contributed by atoms with Crippen molar-refractivity contribution >= 4 is 35.0 Å². The largest absolute Gasteiger partial charge is 0.325 e. The van der Waals surface area contributed by atoms with Crippen molar-refractivity contribution in [3.63, 3.8) is 0 Å². The Morgan fingerprint density at radius 3 is 2.36 bits per heavy atom. The van der Waals surface area contributed by atoms with Gasteiger partial charge in [0.25, 0.3) is 0 Å². The maximum Gasteiger partial charge on any atom is 0.237 e. The number of hydrogen-bond acceptors (Lipinski definition) is 3. The molecule has 0 heterocycles. The Bertz CT molecular complexity index is 774. The predicted octanol–water partition coefficient (Wildman–Crippen LogP) is 4.31. The third-order valence-electron chi connectivity index (χ3n) is 4.03. The molecule has 132 valence electrons. The fraction of sp³-hybridized carbons (Fsp3) is 0.300. The number of amides is 2. The van der Waals surface area contributed by atoms with Crippen LogP contribution in [0, 0.1) is 20.8 Å². The van der Waals surface area contributed by atoms with E-state index in [1.54, 1.807) is 0 Å². The number of para-hydroxylation sites is 1. The fourth-order valence-electron chi connectivity index (χ4n) is 2.24. The minimum atomic E-state index is -0.315. The maximum absolute atomic E-state index is 12.3. The van der Waals surface area contributed by atoms with Gasteiger partial charge in [0.15, 0.2) is 0 Å². The van der Waals surface area contributed by atoms with E-state index >= 15 is 0 Å². The van der Waals surface area contributed by atoms with Gasteiger partial charge in [0.2, 0.25) is 11.8 Å². The van der Waals surface area contributed by atoms with Crippen molar-refractivity contribution < 1.29 is 9.59 Å². The van der Waals surface area contributed by atoms with E-state index in [2.05, 4.69) is 10.6 Å². The Kier molecular flexibility index (Phi) is 6.65. The summed E-state index contributed by atoms with van der Waals surface area (Å²) in [5.41, 5.74) is 4.93. The van der Waals surface area contributed by atoms with Crippen molar-refractivity contribution in [1.29, 1.82) is 0 Å². The van der Waals surface area contributed by atoms with E-state index in [0.717, 1.165) is 22.5 Å². The van der Waals surface area contributed by atoms with Crippen LogP contribution in [0.3, 0.4) is 0 Å². The molecular weight excluding hydrogens is 332 g/mol. The first-order valence-electron chi connectivity index (χ1n) is 8.22. The first kappa shape index (κ1) is 19.1. The zero-order valence-electron chi connectivity index (χ0n) is 15.1. The number of aryl methyl sites for hydroxylation is 3. The minimum absolute atomic E-state index is 0.0988. The van der Waals surface area contributed by atoms with Gasteiger partial charge < -0.3 is 10.6 Å². The Balaban J connectivity index is 1.83. The van der Waals surface area contributed by atoms with Gasteiger partial charge in [0, 0.05) is 11.4 Å². The number of hydrogen-bond donors (Lipinski definition) is 2. The third kappa shape index (κ3) is 5.64. The predicted molar refractivity (Wildman–Crippen MR) is 106 cm³/mol. The Hall–Kier alpha value is -2.27. The van der Waals surface area contributed by atoms with Gasteiger partial charge in [-0.25, -0.2) is 0 Å². The van der Waals surface area contributed by atoms with Crippen LogP contribution in [-0.2, 0) is 9.59 Å². The molecule has 0 spiro atoms. The van der Waals surface area contributed by atoms with E-state index in [9.17, 15) is 9.59 Å². The van der Waals surface area contributed by atoms with Crippen molar-refractivity contribution in [2.45, 2.75) is 32.9 Å². The van der Waals surface area contributed by atoms with Gasteiger partial charge in [-0.3, -0.25) is 9.59 Å². The average Bonchev–Trinajstić information content (AvgIpc) is 2.58. The highest BCUT2D eigenvalue weighted by Crippen LogP contribution is 2.18. The highest BCUT2D eigenvalue weighted by atomic mass is 32.2. The zero-order chi connectivity index (χ0) is 18.4. The molecule has 1 atom stereocenters. The molecule has 5 heteroatoms.